The van der Waals surface area contributed by atoms with Crippen LogP contribution in [0.1, 0.15) is 24.2 Å². The number of carbonyl (C=O) groups excluding carboxylic acids is 1. The van der Waals surface area contributed by atoms with Crippen LogP contribution in [0.3, 0.4) is 0 Å². The van der Waals surface area contributed by atoms with E-state index >= 15 is 0 Å². The SMILES string of the molecule is CC1(C)O[C@H]2O[C@H]([C@H](O)COC(=O)c3cccnc3)[C@H](O)[C@H]2O1. The van der Waals surface area contributed by atoms with Gasteiger partial charge in [-0.25, -0.2) is 4.79 Å². The lowest BCUT2D eigenvalue weighted by Gasteiger charge is -2.25. The van der Waals surface area contributed by atoms with Gasteiger partial charge in [0.15, 0.2) is 12.1 Å². The maximum atomic E-state index is 11.8. The molecule has 2 N–H and O–H groups in total. The predicted octanol–water partition coefficient (Wildman–Crippen LogP) is -0.163. The third-order valence-electron chi connectivity index (χ3n) is 3.71. The first kappa shape index (κ1) is 16.3. The summed E-state index contributed by atoms with van der Waals surface area (Å²) >= 11 is 0. The van der Waals surface area contributed by atoms with Gasteiger partial charge in [-0.3, -0.25) is 4.98 Å². The van der Waals surface area contributed by atoms with Crippen molar-refractivity contribution >= 4 is 5.97 Å². The first-order valence-electron chi connectivity index (χ1n) is 7.32. The van der Waals surface area contributed by atoms with Crippen LogP contribution in [-0.2, 0) is 18.9 Å². The van der Waals surface area contributed by atoms with Crippen molar-refractivity contribution < 1.29 is 34.0 Å². The molecule has 0 unspecified atom stereocenters. The molecular formula is C15H19NO7. The minimum Gasteiger partial charge on any atom is -0.459 e. The topological polar surface area (TPSA) is 107 Å². The number of carbonyl (C=O) groups is 1. The number of esters is 1. The lowest BCUT2D eigenvalue weighted by atomic mass is 10.1. The van der Waals surface area contributed by atoms with E-state index in [1.165, 1.54) is 12.4 Å². The van der Waals surface area contributed by atoms with Crippen LogP contribution in [0.2, 0.25) is 0 Å². The van der Waals surface area contributed by atoms with Gasteiger partial charge in [0.1, 0.15) is 31.0 Å². The van der Waals surface area contributed by atoms with Crippen LogP contribution >= 0.6 is 0 Å². The zero-order chi connectivity index (χ0) is 16.6. The van der Waals surface area contributed by atoms with Crippen LogP contribution in [0.25, 0.3) is 0 Å². The molecule has 0 amide bonds. The fourth-order valence-corrected chi connectivity index (χ4v) is 2.66. The maximum Gasteiger partial charge on any atom is 0.339 e. The Morgan fingerprint density at radius 1 is 1.48 bits per heavy atom. The summed E-state index contributed by atoms with van der Waals surface area (Å²) < 4.78 is 21.5. The Bertz CT molecular complexity index is 564. The van der Waals surface area contributed by atoms with Gasteiger partial charge in [0.2, 0.25) is 0 Å². The number of aliphatic hydroxyl groups excluding tert-OH is 2. The van der Waals surface area contributed by atoms with E-state index in [9.17, 15) is 15.0 Å². The smallest absolute Gasteiger partial charge is 0.339 e. The van der Waals surface area contributed by atoms with Crippen LogP contribution in [0.4, 0.5) is 0 Å². The second-order valence-corrected chi connectivity index (χ2v) is 5.97. The van der Waals surface area contributed by atoms with Gasteiger partial charge in [-0.2, -0.15) is 0 Å². The third kappa shape index (κ3) is 3.36. The normalized spacial score (nSPS) is 33.2. The van der Waals surface area contributed by atoms with E-state index in [2.05, 4.69) is 4.98 Å². The van der Waals surface area contributed by atoms with Crippen molar-refractivity contribution in [2.24, 2.45) is 0 Å². The number of ether oxygens (including phenoxy) is 4. The van der Waals surface area contributed by atoms with Crippen molar-refractivity contribution in [3.63, 3.8) is 0 Å². The van der Waals surface area contributed by atoms with E-state index in [1.807, 2.05) is 0 Å². The molecule has 8 nitrogen and oxygen atoms in total. The molecule has 1 aromatic rings. The molecule has 1 aromatic heterocycles. The van der Waals surface area contributed by atoms with Crippen LogP contribution in [0, 0.1) is 0 Å². The standard InChI is InChI=1S/C15H19NO7/c1-15(2)22-12-10(18)11(21-14(12)23-15)9(17)7-20-13(19)8-4-3-5-16-6-8/h3-6,9-12,14,17-18H,7H2,1-2H3/t9-,10+,11-,12-,14-/m1/s1. The van der Waals surface area contributed by atoms with Gasteiger partial charge in [-0.05, 0) is 26.0 Å². The van der Waals surface area contributed by atoms with Crippen molar-refractivity contribution in [3.8, 4) is 0 Å². The fourth-order valence-electron chi connectivity index (χ4n) is 2.66. The summed E-state index contributed by atoms with van der Waals surface area (Å²) in [5.74, 6) is -1.46. The number of pyridine rings is 1. The molecule has 0 aromatic carbocycles. The van der Waals surface area contributed by atoms with Gasteiger partial charge in [-0.1, -0.05) is 0 Å². The second kappa shape index (κ2) is 6.14. The number of aromatic nitrogens is 1. The van der Waals surface area contributed by atoms with Crippen molar-refractivity contribution in [1.29, 1.82) is 0 Å². The number of nitrogens with zero attached hydrogens (tertiary/aromatic N) is 1. The molecule has 0 bridgehead atoms. The second-order valence-electron chi connectivity index (χ2n) is 5.97. The summed E-state index contributed by atoms with van der Waals surface area (Å²) in [5, 5.41) is 20.3. The average Bonchev–Trinajstić information content (AvgIpc) is 2.99. The van der Waals surface area contributed by atoms with Crippen LogP contribution < -0.4 is 0 Å². The highest BCUT2D eigenvalue weighted by Crippen LogP contribution is 2.38. The van der Waals surface area contributed by atoms with E-state index in [4.69, 9.17) is 18.9 Å². The number of rotatable bonds is 4. The van der Waals surface area contributed by atoms with Gasteiger partial charge in [0.25, 0.3) is 0 Å². The molecule has 2 aliphatic heterocycles. The Morgan fingerprint density at radius 2 is 2.26 bits per heavy atom. The van der Waals surface area contributed by atoms with E-state index in [1.54, 1.807) is 26.0 Å². The highest BCUT2D eigenvalue weighted by atomic mass is 16.8. The quantitative estimate of drug-likeness (QED) is 0.735. The summed E-state index contributed by atoms with van der Waals surface area (Å²) in [6, 6.07) is 3.16. The van der Waals surface area contributed by atoms with Crippen LogP contribution in [0.15, 0.2) is 24.5 Å². The minimum absolute atomic E-state index is 0.276. The first-order valence-corrected chi connectivity index (χ1v) is 7.32. The molecule has 0 aliphatic carbocycles. The Hall–Kier alpha value is -1.58. The van der Waals surface area contributed by atoms with Crippen molar-refractivity contribution in [3.05, 3.63) is 30.1 Å². The molecule has 23 heavy (non-hydrogen) atoms. The van der Waals surface area contributed by atoms with E-state index in [0.29, 0.717) is 0 Å². The molecule has 0 spiro atoms. The Kier molecular flexibility index (Phi) is 4.35. The third-order valence-corrected chi connectivity index (χ3v) is 3.71. The highest BCUT2D eigenvalue weighted by molar-refractivity contribution is 5.88. The highest BCUT2D eigenvalue weighted by Gasteiger charge is 2.56. The Labute approximate surface area is 132 Å². The van der Waals surface area contributed by atoms with E-state index < -0.39 is 42.5 Å². The van der Waals surface area contributed by atoms with Gasteiger partial charge in [-0.15, -0.1) is 0 Å². The van der Waals surface area contributed by atoms with Gasteiger partial charge in [0, 0.05) is 12.4 Å². The monoisotopic (exact) mass is 325 g/mol. The zero-order valence-corrected chi connectivity index (χ0v) is 12.8. The number of hydrogen-bond acceptors (Lipinski definition) is 8. The molecular weight excluding hydrogens is 306 g/mol. The number of aliphatic hydroxyl groups is 2. The van der Waals surface area contributed by atoms with Crippen molar-refractivity contribution in [2.75, 3.05) is 6.61 Å². The molecule has 126 valence electrons. The van der Waals surface area contributed by atoms with Gasteiger partial charge in [0.05, 0.1) is 5.56 Å². The molecule has 0 radical (unpaired) electrons. The predicted molar refractivity (Wildman–Crippen MR) is 75.2 cm³/mol. The molecule has 2 fully saturated rings. The summed E-state index contributed by atoms with van der Waals surface area (Å²) in [5.41, 5.74) is 0.276. The largest absolute Gasteiger partial charge is 0.459 e. The Morgan fingerprint density at radius 3 is 2.91 bits per heavy atom. The average molecular weight is 325 g/mol. The van der Waals surface area contributed by atoms with Crippen molar-refractivity contribution in [1.82, 2.24) is 4.98 Å². The molecule has 5 atom stereocenters. The molecule has 0 saturated carbocycles. The lowest BCUT2D eigenvalue weighted by Crippen LogP contribution is -2.43. The van der Waals surface area contributed by atoms with Crippen molar-refractivity contribution in [2.45, 2.75) is 50.3 Å². The molecule has 2 saturated heterocycles. The van der Waals surface area contributed by atoms with Gasteiger partial charge < -0.3 is 29.2 Å². The van der Waals surface area contributed by atoms with Gasteiger partial charge >= 0.3 is 5.97 Å². The molecule has 3 heterocycles. The first-order chi connectivity index (χ1) is 10.9. The number of hydrogen-bond donors (Lipinski definition) is 2. The molecule has 8 heteroatoms. The van der Waals surface area contributed by atoms with E-state index in [0.717, 1.165) is 0 Å². The molecule has 2 aliphatic rings. The number of fused-ring (bicyclic) bond motifs is 1. The summed E-state index contributed by atoms with van der Waals surface area (Å²) in [4.78, 5) is 15.6. The summed E-state index contributed by atoms with van der Waals surface area (Å²) in [6.45, 7) is 3.10. The summed E-state index contributed by atoms with van der Waals surface area (Å²) in [6.07, 6.45) is -1.77. The lowest BCUT2D eigenvalue weighted by molar-refractivity contribution is -0.227. The minimum atomic E-state index is -1.20. The van der Waals surface area contributed by atoms with Crippen LogP contribution in [-0.4, -0.2) is 64.3 Å². The summed E-state index contributed by atoms with van der Waals surface area (Å²) in [7, 11) is 0. The zero-order valence-electron chi connectivity index (χ0n) is 12.8. The van der Waals surface area contributed by atoms with Crippen LogP contribution in [0.5, 0.6) is 0 Å². The maximum absolute atomic E-state index is 11.8. The Balaban J connectivity index is 1.54. The fraction of sp³-hybridized carbons (Fsp3) is 0.600. The molecule has 3 rings (SSSR count). The van der Waals surface area contributed by atoms with E-state index in [-0.39, 0.29) is 12.2 Å².